The van der Waals surface area contributed by atoms with E-state index < -0.39 is 15.8 Å². The van der Waals surface area contributed by atoms with Gasteiger partial charge in [0.25, 0.3) is 10.0 Å². The van der Waals surface area contributed by atoms with Gasteiger partial charge in [0.15, 0.2) is 0 Å². The van der Waals surface area contributed by atoms with E-state index in [0.717, 1.165) is 11.1 Å². The number of anilines is 1. The van der Waals surface area contributed by atoms with Crippen LogP contribution in [0.25, 0.3) is 0 Å². The molecule has 0 heterocycles. The van der Waals surface area contributed by atoms with Crippen LogP contribution >= 0.6 is 0 Å². The van der Waals surface area contributed by atoms with E-state index in [1.165, 1.54) is 18.2 Å². The lowest BCUT2D eigenvalue weighted by molar-refractivity contribution is 0.585. The molecule has 2 rings (SSSR count). The molecule has 21 heavy (non-hydrogen) atoms. The predicted octanol–water partition coefficient (Wildman–Crippen LogP) is 2.70. The molecule has 0 radical (unpaired) electrons. The van der Waals surface area contributed by atoms with E-state index in [1.54, 1.807) is 19.1 Å². The SMILES string of the molecule is Cc1ccc(NS(=O)(=O)c2cccc(F)c2CN)c(C)c1. The molecule has 4 nitrogen and oxygen atoms in total. The lowest BCUT2D eigenvalue weighted by atomic mass is 10.1. The van der Waals surface area contributed by atoms with Gasteiger partial charge in [-0.2, -0.15) is 0 Å². The molecule has 0 saturated carbocycles. The summed E-state index contributed by atoms with van der Waals surface area (Å²) in [6, 6.07) is 9.25. The number of nitrogens with two attached hydrogens (primary N) is 1. The zero-order valence-corrected chi connectivity index (χ0v) is 12.7. The quantitative estimate of drug-likeness (QED) is 0.912. The van der Waals surface area contributed by atoms with Crippen molar-refractivity contribution in [3.05, 3.63) is 58.9 Å². The Morgan fingerprint density at radius 2 is 1.90 bits per heavy atom. The van der Waals surface area contributed by atoms with Crippen molar-refractivity contribution in [2.45, 2.75) is 25.3 Å². The van der Waals surface area contributed by atoms with Crippen LogP contribution in [0.1, 0.15) is 16.7 Å². The van der Waals surface area contributed by atoms with Gasteiger partial charge < -0.3 is 5.73 Å². The second-order valence-electron chi connectivity index (χ2n) is 4.84. The predicted molar refractivity (Wildman–Crippen MR) is 81.0 cm³/mol. The van der Waals surface area contributed by atoms with Crippen molar-refractivity contribution in [1.82, 2.24) is 0 Å². The van der Waals surface area contributed by atoms with E-state index in [0.29, 0.717) is 5.69 Å². The standard InChI is InChI=1S/C15H17FN2O2S/c1-10-6-7-14(11(2)8-10)18-21(19,20)15-5-3-4-13(16)12(15)9-17/h3-8,18H,9,17H2,1-2H3. The molecule has 0 aromatic heterocycles. The Balaban J connectivity index is 2.46. The summed E-state index contributed by atoms with van der Waals surface area (Å²) in [7, 11) is -3.88. The van der Waals surface area contributed by atoms with Gasteiger partial charge in [0.1, 0.15) is 5.82 Å². The first kappa shape index (κ1) is 15.5. The van der Waals surface area contributed by atoms with Crippen LogP contribution in [0.15, 0.2) is 41.3 Å². The van der Waals surface area contributed by atoms with Crippen LogP contribution in [0.3, 0.4) is 0 Å². The van der Waals surface area contributed by atoms with E-state index in [1.807, 2.05) is 13.0 Å². The van der Waals surface area contributed by atoms with Crippen LogP contribution < -0.4 is 10.5 Å². The van der Waals surface area contributed by atoms with Crippen molar-refractivity contribution in [3.8, 4) is 0 Å². The topological polar surface area (TPSA) is 72.2 Å². The highest BCUT2D eigenvalue weighted by molar-refractivity contribution is 7.92. The third-order valence-corrected chi connectivity index (χ3v) is 4.65. The minimum absolute atomic E-state index is 0.0187. The van der Waals surface area contributed by atoms with Crippen LogP contribution in [0, 0.1) is 19.7 Å². The summed E-state index contributed by atoms with van der Waals surface area (Å²) in [6.07, 6.45) is 0. The molecular formula is C15H17FN2O2S. The third-order valence-electron chi connectivity index (χ3n) is 3.20. The van der Waals surface area contributed by atoms with E-state index in [9.17, 15) is 12.8 Å². The van der Waals surface area contributed by atoms with Crippen LogP contribution in [0.4, 0.5) is 10.1 Å². The second-order valence-corrected chi connectivity index (χ2v) is 6.50. The molecule has 0 saturated heterocycles. The molecule has 0 fully saturated rings. The minimum Gasteiger partial charge on any atom is -0.326 e. The van der Waals surface area contributed by atoms with Crippen molar-refractivity contribution in [3.63, 3.8) is 0 Å². The van der Waals surface area contributed by atoms with Gasteiger partial charge in [-0.25, -0.2) is 12.8 Å². The number of hydrogen-bond acceptors (Lipinski definition) is 3. The Morgan fingerprint density at radius 1 is 1.19 bits per heavy atom. The number of nitrogens with one attached hydrogen (secondary N) is 1. The minimum atomic E-state index is -3.88. The maximum Gasteiger partial charge on any atom is 0.262 e. The molecule has 2 aromatic carbocycles. The first-order valence-corrected chi connectivity index (χ1v) is 7.91. The molecule has 112 valence electrons. The van der Waals surface area contributed by atoms with E-state index in [4.69, 9.17) is 5.73 Å². The zero-order chi connectivity index (χ0) is 15.6. The van der Waals surface area contributed by atoms with Crippen LogP contribution in [0.2, 0.25) is 0 Å². The molecule has 0 bridgehead atoms. The smallest absolute Gasteiger partial charge is 0.262 e. The van der Waals surface area contributed by atoms with E-state index in [-0.39, 0.29) is 17.0 Å². The second kappa shape index (κ2) is 5.83. The normalized spacial score (nSPS) is 11.4. The van der Waals surface area contributed by atoms with Crippen LogP contribution in [-0.2, 0) is 16.6 Å². The average molecular weight is 308 g/mol. The Morgan fingerprint density at radius 3 is 2.52 bits per heavy atom. The van der Waals surface area contributed by atoms with Crippen molar-refractivity contribution >= 4 is 15.7 Å². The molecule has 0 spiro atoms. The number of rotatable bonds is 4. The molecule has 0 atom stereocenters. The van der Waals surface area contributed by atoms with Crippen molar-refractivity contribution in [2.24, 2.45) is 5.73 Å². The highest BCUT2D eigenvalue weighted by atomic mass is 32.2. The third kappa shape index (κ3) is 3.22. The zero-order valence-electron chi connectivity index (χ0n) is 11.9. The Labute approximate surface area is 123 Å². The molecule has 6 heteroatoms. The van der Waals surface area contributed by atoms with Crippen LogP contribution in [-0.4, -0.2) is 8.42 Å². The van der Waals surface area contributed by atoms with Gasteiger partial charge in [-0.05, 0) is 37.6 Å². The lowest BCUT2D eigenvalue weighted by Gasteiger charge is -2.14. The summed E-state index contributed by atoms with van der Waals surface area (Å²) in [5.74, 6) is -0.624. The number of aryl methyl sites for hydroxylation is 2. The first-order chi connectivity index (χ1) is 9.85. The summed E-state index contributed by atoms with van der Waals surface area (Å²) in [5, 5.41) is 0. The van der Waals surface area contributed by atoms with Gasteiger partial charge in [0.05, 0.1) is 10.6 Å². The summed E-state index contributed by atoms with van der Waals surface area (Å²) in [6.45, 7) is 3.54. The fourth-order valence-corrected chi connectivity index (χ4v) is 3.51. The molecule has 2 aromatic rings. The van der Waals surface area contributed by atoms with Gasteiger partial charge in [-0.3, -0.25) is 4.72 Å². The summed E-state index contributed by atoms with van der Waals surface area (Å²) in [5.41, 5.74) is 7.73. The fourth-order valence-electron chi connectivity index (χ4n) is 2.12. The van der Waals surface area contributed by atoms with Crippen LogP contribution in [0.5, 0.6) is 0 Å². The Bertz CT molecular complexity index is 773. The highest BCUT2D eigenvalue weighted by Crippen LogP contribution is 2.24. The maximum atomic E-state index is 13.7. The summed E-state index contributed by atoms with van der Waals surface area (Å²) in [4.78, 5) is -0.134. The highest BCUT2D eigenvalue weighted by Gasteiger charge is 2.21. The summed E-state index contributed by atoms with van der Waals surface area (Å²) < 4.78 is 41.0. The maximum absolute atomic E-state index is 13.7. The lowest BCUT2D eigenvalue weighted by Crippen LogP contribution is -2.18. The van der Waals surface area contributed by atoms with E-state index >= 15 is 0 Å². The number of sulfonamides is 1. The van der Waals surface area contributed by atoms with Crippen molar-refractivity contribution in [1.29, 1.82) is 0 Å². The monoisotopic (exact) mass is 308 g/mol. The molecule has 0 amide bonds. The molecule has 0 aliphatic rings. The van der Waals surface area contributed by atoms with Crippen molar-refractivity contribution < 1.29 is 12.8 Å². The average Bonchev–Trinajstić information content (AvgIpc) is 2.41. The fraction of sp³-hybridized carbons (Fsp3) is 0.200. The van der Waals surface area contributed by atoms with Gasteiger partial charge in [0, 0.05) is 12.1 Å². The van der Waals surface area contributed by atoms with Gasteiger partial charge in [-0.1, -0.05) is 23.8 Å². The van der Waals surface area contributed by atoms with Crippen molar-refractivity contribution in [2.75, 3.05) is 4.72 Å². The molecular weight excluding hydrogens is 291 g/mol. The number of hydrogen-bond donors (Lipinski definition) is 2. The molecule has 3 N–H and O–H groups in total. The molecule has 0 aliphatic heterocycles. The molecule has 0 aliphatic carbocycles. The molecule has 0 unspecified atom stereocenters. The van der Waals surface area contributed by atoms with E-state index in [2.05, 4.69) is 4.72 Å². The largest absolute Gasteiger partial charge is 0.326 e. The summed E-state index contributed by atoms with van der Waals surface area (Å²) >= 11 is 0. The van der Waals surface area contributed by atoms with Gasteiger partial charge in [-0.15, -0.1) is 0 Å². The van der Waals surface area contributed by atoms with Gasteiger partial charge >= 0.3 is 0 Å². The number of benzene rings is 2. The first-order valence-electron chi connectivity index (χ1n) is 6.42. The van der Waals surface area contributed by atoms with Gasteiger partial charge in [0.2, 0.25) is 0 Å². The Hall–Kier alpha value is -1.92. The number of halogens is 1. The Kier molecular flexibility index (Phi) is 4.29.